The molecule has 1 aliphatic rings. The van der Waals surface area contributed by atoms with Gasteiger partial charge in [-0.15, -0.1) is 0 Å². The summed E-state index contributed by atoms with van der Waals surface area (Å²) in [6, 6.07) is 7.20. The summed E-state index contributed by atoms with van der Waals surface area (Å²) in [4.78, 5) is 25.1. The molecular weight excluding hydrogens is 280 g/mol. The zero-order chi connectivity index (χ0) is 15.9. The van der Waals surface area contributed by atoms with Crippen molar-refractivity contribution in [1.82, 2.24) is 10.2 Å². The molecular formula is C17H24N2O3. The molecule has 2 amide bonds. The Morgan fingerprint density at radius 3 is 2.68 bits per heavy atom. The Morgan fingerprint density at radius 1 is 1.32 bits per heavy atom. The molecule has 2 rings (SSSR count). The number of hydrogen-bond donors (Lipinski definition) is 2. The Kier molecular flexibility index (Phi) is 5.81. The van der Waals surface area contributed by atoms with Crippen LogP contribution < -0.4 is 5.32 Å². The number of nitrogens with one attached hydrogen (secondary N) is 1. The molecule has 0 radical (unpaired) electrons. The number of amides is 2. The predicted molar refractivity (Wildman–Crippen MR) is 84.4 cm³/mol. The summed E-state index contributed by atoms with van der Waals surface area (Å²) in [6.07, 6.45) is 3.18. The Labute approximate surface area is 131 Å². The number of nitrogens with zero attached hydrogens (tertiary/aromatic N) is 1. The lowest BCUT2D eigenvalue weighted by Gasteiger charge is -2.30. The number of phenols is 1. The van der Waals surface area contributed by atoms with Crippen molar-refractivity contribution in [2.75, 3.05) is 19.6 Å². The molecule has 0 aliphatic carbocycles. The third-order valence-electron chi connectivity index (χ3n) is 4.16. The topological polar surface area (TPSA) is 69.6 Å². The number of hydrogen-bond acceptors (Lipinski definition) is 3. The van der Waals surface area contributed by atoms with E-state index in [0.717, 1.165) is 31.2 Å². The van der Waals surface area contributed by atoms with Crippen LogP contribution in [0.5, 0.6) is 5.75 Å². The van der Waals surface area contributed by atoms with Crippen molar-refractivity contribution in [3.63, 3.8) is 0 Å². The van der Waals surface area contributed by atoms with Crippen molar-refractivity contribution >= 4 is 11.8 Å². The molecule has 5 nitrogen and oxygen atoms in total. The third-order valence-corrected chi connectivity index (χ3v) is 4.16. The standard InChI is InChI=1S/C17H24N2O3/c1-13(20)19-10-7-15(8-11-19)17(22)18-9-3-5-14-4-2-6-16(21)12-14/h2,4,6,12,15,21H,3,5,7-11H2,1H3,(H,18,22). The average Bonchev–Trinajstić information content (AvgIpc) is 2.51. The number of aromatic hydroxyl groups is 1. The van der Waals surface area contributed by atoms with E-state index in [2.05, 4.69) is 5.32 Å². The molecule has 1 saturated heterocycles. The van der Waals surface area contributed by atoms with Crippen molar-refractivity contribution in [1.29, 1.82) is 0 Å². The first kappa shape index (κ1) is 16.3. The summed E-state index contributed by atoms with van der Waals surface area (Å²) in [7, 11) is 0. The zero-order valence-corrected chi connectivity index (χ0v) is 13.0. The van der Waals surface area contributed by atoms with Crippen LogP contribution in [0.3, 0.4) is 0 Å². The lowest BCUT2D eigenvalue weighted by molar-refractivity contribution is -0.133. The highest BCUT2D eigenvalue weighted by molar-refractivity contribution is 5.79. The number of aryl methyl sites for hydroxylation is 1. The Hall–Kier alpha value is -2.04. The van der Waals surface area contributed by atoms with Gasteiger partial charge in [-0.25, -0.2) is 0 Å². The van der Waals surface area contributed by atoms with E-state index in [4.69, 9.17) is 0 Å². The van der Waals surface area contributed by atoms with E-state index in [9.17, 15) is 14.7 Å². The van der Waals surface area contributed by atoms with Crippen molar-refractivity contribution in [3.05, 3.63) is 29.8 Å². The normalized spacial score (nSPS) is 15.6. The first-order chi connectivity index (χ1) is 10.6. The molecule has 1 aliphatic heterocycles. The largest absolute Gasteiger partial charge is 0.508 e. The fourth-order valence-corrected chi connectivity index (χ4v) is 2.82. The smallest absolute Gasteiger partial charge is 0.223 e. The van der Waals surface area contributed by atoms with Crippen LogP contribution in [0, 0.1) is 5.92 Å². The molecule has 0 spiro atoms. The summed E-state index contributed by atoms with van der Waals surface area (Å²) in [5.41, 5.74) is 1.07. The van der Waals surface area contributed by atoms with Crippen LogP contribution in [-0.2, 0) is 16.0 Å². The highest BCUT2D eigenvalue weighted by Crippen LogP contribution is 2.17. The van der Waals surface area contributed by atoms with Crippen LogP contribution in [0.2, 0.25) is 0 Å². The summed E-state index contributed by atoms with van der Waals surface area (Å²) in [5, 5.41) is 12.4. The maximum Gasteiger partial charge on any atom is 0.223 e. The molecule has 1 fully saturated rings. The van der Waals surface area contributed by atoms with Gasteiger partial charge >= 0.3 is 0 Å². The van der Waals surface area contributed by atoms with Gasteiger partial charge in [-0.1, -0.05) is 12.1 Å². The molecule has 0 atom stereocenters. The number of likely N-dealkylation sites (tertiary alicyclic amines) is 1. The molecule has 1 heterocycles. The first-order valence-corrected chi connectivity index (χ1v) is 7.87. The lowest BCUT2D eigenvalue weighted by Crippen LogP contribution is -2.42. The van der Waals surface area contributed by atoms with Gasteiger partial charge in [0.05, 0.1) is 0 Å². The Morgan fingerprint density at radius 2 is 2.05 bits per heavy atom. The molecule has 1 aromatic carbocycles. The summed E-state index contributed by atoms with van der Waals surface area (Å²) >= 11 is 0. The van der Waals surface area contributed by atoms with Crippen LogP contribution in [0.1, 0.15) is 31.7 Å². The monoisotopic (exact) mass is 304 g/mol. The number of rotatable bonds is 5. The number of carbonyl (C=O) groups is 2. The second-order valence-corrected chi connectivity index (χ2v) is 5.84. The van der Waals surface area contributed by atoms with Gasteiger partial charge in [-0.05, 0) is 43.4 Å². The molecule has 5 heteroatoms. The average molecular weight is 304 g/mol. The maximum atomic E-state index is 12.1. The summed E-state index contributed by atoms with van der Waals surface area (Å²) in [5.74, 6) is 0.485. The fraction of sp³-hybridized carbons (Fsp3) is 0.529. The van der Waals surface area contributed by atoms with E-state index in [1.807, 2.05) is 12.1 Å². The van der Waals surface area contributed by atoms with Gasteiger partial charge in [0.1, 0.15) is 5.75 Å². The molecule has 1 aromatic rings. The molecule has 0 aromatic heterocycles. The lowest BCUT2D eigenvalue weighted by atomic mass is 9.96. The molecule has 0 bridgehead atoms. The van der Waals surface area contributed by atoms with Gasteiger partial charge in [0, 0.05) is 32.5 Å². The van der Waals surface area contributed by atoms with Crippen molar-refractivity contribution < 1.29 is 14.7 Å². The second kappa shape index (κ2) is 7.82. The highest BCUT2D eigenvalue weighted by Gasteiger charge is 2.25. The van der Waals surface area contributed by atoms with E-state index < -0.39 is 0 Å². The van der Waals surface area contributed by atoms with E-state index in [1.54, 1.807) is 24.0 Å². The quantitative estimate of drug-likeness (QED) is 0.814. The van der Waals surface area contributed by atoms with Gasteiger partial charge in [0.15, 0.2) is 0 Å². The highest BCUT2D eigenvalue weighted by atomic mass is 16.3. The van der Waals surface area contributed by atoms with Gasteiger partial charge in [0.25, 0.3) is 0 Å². The number of carbonyl (C=O) groups excluding carboxylic acids is 2. The van der Waals surface area contributed by atoms with Crippen molar-refractivity contribution in [2.24, 2.45) is 5.92 Å². The molecule has 120 valence electrons. The zero-order valence-electron chi connectivity index (χ0n) is 13.0. The number of phenolic OH excluding ortho intramolecular Hbond substituents is 1. The predicted octanol–water partition coefficient (Wildman–Crippen LogP) is 1.70. The summed E-state index contributed by atoms with van der Waals surface area (Å²) < 4.78 is 0. The molecule has 2 N–H and O–H groups in total. The molecule has 22 heavy (non-hydrogen) atoms. The van der Waals surface area contributed by atoms with E-state index in [-0.39, 0.29) is 23.5 Å². The number of piperidine rings is 1. The van der Waals surface area contributed by atoms with Crippen LogP contribution in [-0.4, -0.2) is 41.5 Å². The minimum Gasteiger partial charge on any atom is -0.508 e. The van der Waals surface area contributed by atoms with E-state index in [0.29, 0.717) is 19.6 Å². The molecule has 0 unspecified atom stereocenters. The maximum absolute atomic E-state index is 12.1. The van der Waals surface area contributed by atoms with E-state index >= 15 is 0 Å². The number of benzene rings is 1. The van der Waals surface area contributed by atoms with Gasteiger partial charge in [-0.3, -0.25) is 9.59 Å². The second-order valence-electron chi connectivity index (χ2n) is 5.84. The minimum absolute atomic E-state index is 0.0244. The van der Waals surface area contributed by atoms with Crippen LogP contribution in [0.15, 0.2) is 24.3 Å². The Balaban J connectivity index is 1.65. The third kappa shape index (κ3) is 4.76. The van der Waals surface area contributed by atoms with Crippen molar-refractivity contribution in [3.8, 4) is 5.75 Å². The fourth-order valence-electron chi connectivity index (χ4n) is 2.82. The van der Waals surface area contributed by atoms with Gasteiger partial charge in [-0.2, -0.15) is 0 Å². The first-order valence-electron chi connectivity index (χ1n) is 7.87. The van der Waals surface area contributed by atoms with E-state index in [1.165, 1.54) is 0 Å². The van der Waals surface area contributed by atoms with Gasteiger partial charge < -0.3 is 15.3 Å². The van der Waals surface area contributed by atoms with Crippen molar-refractivity contribution in [2.45, 2.75) is 32.6 Å². The summed E-state index contributed by atoms with van der Waals surface area (Å²) in [6.45, 7) is 3.57. The van der Waals surface area contributed by atoms with Crippen LogP contribution in [0.4, 0.5) is 0 Å². The Bertz CT molecular complexity index is 522. The van der Waals surface area contributed by atoms with Gasteiger partial charge in [0.2, 0.25) is 11.8 Å². The minimum atomic E-state index is 0.0244. The SMILES string of the molecule is CC(=O)N1CCC(C(=O)NCCCc2cccc(O)c2)CC1. The van der Waals surface area contributed by atoms with Crippen LogP contribution >= 0.6 is 0 Å². The molecule has 0 saturated carbocycles. The van der Waals surface area contributed by atoms with Crippen LogP contribution in [0.25, 0.3) is 0 Å².